The van der Waals surface area contributed by atoms with Crippen molar-refractivity contribution in [1.82, 2.24) is 9.21 Å². The van der Waals surface area contributed by atoms with Gasteiger partial charge in [0.25, 0.3) is 0 Å². The van der Waals surface area contributed by atoms with Crippen LogP contribution in [0, 0.1) is 18.3 Å². The standard InChI is InChI=1S/C23H32N2O3S2.C2HF3O2/c1-18(2)14-25-16-23(17-28-21-6-4-5-7-22(21)30(25,26)27)10-12-24(13-11-23)15-20-9-8-19(3)29-20;3-2(4,5)1(6)7/h4-9,18H,10-17H2,1-3H3;(H,6,7). The molecule has 0 atom stereocenters. The molecule has 206 valence electrons. The highest BCUT2D eigenvalue weighted by atomic mass is 32.2. The molecule has 12 heteroatoms. The Kier molecular flexibility index (Phi) is 9.31. The van der Waals surface area contributed by atoms with Gasteiger partial charge >= 0.3 is 12.1 Å². The number of sulfonamides is 1. The van der Waals surface area contributed by atoms with Crippen molar-refractivity contribution in [3.05, 3.63) is 46.2 Å². The number of hydrogen-bond donors (Lipinski definition) is 1. The number of nitrogens with zero attached hydrogens (tertiary/aromatic N) is 2. The largest absolute Gasteiger partial charge is 0.492 e. The predicted molar refractivity (Wildman–Crippen MR) is 135 cm³/mol. The summed E-state index contributed by atoms with van der Waals surface area (Å²) < 4.78 is 66.6. The maximum absolute atomic E-state index is 13.5. The van der Waals surface area contributed by atoms with E-state index in [0.717, 1.165) is 32.5 Å². The summed E-state index contributed by atoms with van der Waals surface area (Å²) in [4.78, 5) is 14.4. The maximum atomic E-state index is 13.5. The van der Waals surface area contributed by atoms with Crippen LogP contribution in [0.15, 0.2) is 41.3 Å². The fourth-order valence-electron chi connectivity index (χ4n) is 4.51. The third-order valence-corrected chi connectivity index (χ3v) is 9.25. The molecule has 0 bridgehead atoms. The second kappa shape index (κ2) is 11.7. The number of aryl methyl sites for hydroxylation is 1. The summed E-state index contributed by atoms with van der Waals surface area (Å²) in [5.74, 6) is -2.00. The van der Waals surface area contributed by atoms with Crippen molar-refractivity contribution in [2.24, 2.45) is 11.3 Å². The molecule has 0 amide bonds. The van der Waals surface area contributed by atoms with E-state index in [2.05, 4.69) is 37.8 Å². The van der Waals surface area contributed by atoms with Gasteiger partial charge < -0.3 is 9.84 Å². The molecule has 1 N–H and O–H groups in total. The molecular formula is C25H33F3N2O5S2. The third kappa shape index (κ3) is 7.68. The van der Waals surface area contributed by atoms with Crippen molar-refractivity contribution in [2.45, 2.75) is 51.2 Å². The summed E-state index contributed by atoms with van der Waals surface area (Å²) in [6, 6.07) is 11.5. The fraction of sp³-hybridized carbons (Fsp3) is 0.560. The summed E-state index contributed by atoms with van der Waals surface area (Å²) in [6.45, 7) is 10.9. The van der Waals surface area contributed by atoms with Gasteiger partial charge in [-0.3, -0.25) is 4.90 Å². The van der Waals surface area contributed by atoms with E-state index in [9.17, 15) is 21.6 Å². The lowest BCUT2D eigenvalue weighted by atomic mass is 9.78. The summed E-state index contributed by atoms with van der Waals surface area (Å²) in [5, 5.41) is 7.12. The normalized spacial score (nSPS) is 19.8. The average molecular weight is 563 g/mol. The zero-order valence-corrected chi connectivity index (χ0v) is 22.8. The first-order chi connectivity index (χ1) is 17.2. The highest BCUT2D eigenvalue weighted by Gasteiger charge is 2.43. The van der Waals surface area contributed by atoms with E-state index in [1.807, 2.05) is 17.4 Å². The van der Waals surface area contributed by atoms with E-state index >= 15 is 0 Å². The van der Waals surface area contributed by atoms with Crippen LogP contribution in [0.5, 0.6) is 5.75 Å². The Morgan fingerprint density at radius 1 is 1.16 bits per heavy atom. The number of carbonyl (C=O) groups is 1. The number of piperidine rings is 1. The van der Waals surface area contributed by atoms with Crippen LogP contribution in [-0.4, -0.2) is 67.7 Å². The average Bonchev–Trinajstić information content (AvgIpc) is 3.22. The van der Waals surface area contributed by atoms with Gasteiger partial charge in [0.05, 0.1) is 6.61 Å². The lowest BCUT2D eigenvalue weighted by Gasteiger charge is -2.45. The minimum absolute atomic E-state index is 0.142. The Hall–Kier alpha value is -2.15. The van der Waals surface area contributed by atoms with Crippen LogP contribution in [0.25, 0.3) is 0 Å². The smallest absolute Gasteiger partial charge is 0.490 e. The van der Waals surface area contributed by atoms with Crippen molar-refractivity contribution < 1.29 is 36.2 Å². The van der Waals surface area contributed by atoms with Crippen LogP contribution >= 0.6 is 11.3 Å². The number of fused-ring (bicyclic) bond motifs is 1. The van der Waals surface area contributed by atoms with E-state index in [1.165, 1.54) is 9.75 Å². The lowest BCUT2D eigenvalue weighted by molar-refractivity contribution is -0.192. The van der Waals surface area contributed by atoms with Crippen molar-refractivity contribution in [1.29, 1.82) is 0 Å². The van der Waals surface area contributed by atoms with Crippen molar-refractivity contribution in [3.63, 3.8) is 0 Å². The minimum atomic E-state index is -5.08. The predicted octanol–water partition coefficient (Wildman–Crippen LogP) is 5.01. The molecule has 0 aliphatic carbocycles. The van der Waals surface area contributed by atoms with Crippen LogP contribution in [-0.2, 0) is 21.4 Å². The van der Waals surface area contributed by atoms with Crippen LogP contribution in [0.2, 0.25) is 0 Å². The molecule has 2 aliphatic rings. The molecule has 0 unspecified atom stereocenters. The van der Waals surface area contributed by atoms with Crippen molar-refractivity contribution in [2.75, 3.05) is 32.8 Å². The van der Waals surface area contributed by atoms with Crippen LogP contribution in [0.4, 0.5) is 13.2 Å². The highest BCUT2D eigenvalue weighted by Crippen LogP contribution is 2.39. The number of alkyl halides is 3. The SMILES string of the molecule is Cc1ccc(CN2CCC3(CC2)COc2ccccc2S(=O)(=O)N(CC(C)C)C3)s1.O=C(O)C(F)(F)F. The fourth-order valence-corrected chi connectivity index (χ4v) is 7.29. The van der Waals surface area contributed by atoms with Gasteiger partial charge in [-0.25, -0.2) is 13.2 Å². The number of aliphatic carboxylic acids is 1. The number of carboxylic acids is 1. The molecule has 4 rings (SSSR count). The molecular weight excluding hydrogens is 529 g/mol. The third-order valence-electron chi connectivity index (χ3n) is 6.42. The Bertz CT molecular complexity index is 1170. The molecule has 1 aromatic carbocycles. The molecule has 3 heterocycles. The zero-order chi connectivity index (χ0) is 27.4. The van der Waals surface area contributed by atoms with E-state index in [-0.39, 0.29) is 11.3 Å². The molecule has 1 fully saturated rings. The number of carboxylic acid groups (broad SMARTS) is 1. The van der Waals surface area contributed by atoms with E-state index in [0.29, 0.717) is 30.3 Å². The van der Waals surface area contributed by atoms with Crippen molar-refractivity contribution in [3.8, 4) is 5.75 Å². The number of halogens is 3. The quantitative estimate of drug-likeness (QED) is 0.564. The number of hydrogen-bond acceptors (Lipinski definition) is 6. The molecule has 0 saturated carbocycles. The zero-order valence-electron chi connectivity index (χ0n) is 21.1. The number of benzene rings is 1. The molecule has 7 nitrogen and oxygen atoms in total. The number of likely N-dealkylation sites (tertiary alicyclic amines) is 1. The molecule has 37 heavy (non-hydrogen) atoms. The van der Waals surface area contributed by atoms with E-state index < -0.39 is 22.2 Å². The molecule has 2 aromatic rings. The molecule has 2 aliphatic heterocycles. The first kappa shape index (κ1) is 29.4. The molecule has 1 spiro atoms. The summed E-state index contributed by atoms with van der Waals surface area (Å²) in [7, 11) is -3.58. The number of ether oxygens (including phenoxy) is 1. The van der Waals surface area contributed by atoms with Crippen LogP contribution < -0.4 is 4.74 Å². The summed E-state index contributed by atoms with van der Waals surface area (Å²) >= 11 is 1.86. The van der Waals surface area contributed by atoms with Gasteiger partial charge in [-0.1, -0.05) is 26.0 Å². The Morgan fingerprint density at radius 3 is 2.32 bits per heavy atom. The monoisotopic (exact) mass is 562 g/mol. The first-order valence-corrected chi connectivity index (χ1v) is 14.3. The van der Waals surface area contributed by atoms with Gasteiger partial charge in [0.15, 0.2) is 0 Å². The first-order valence-electron chi connectivity index (χ1n) is 12.0. The lowest BCUT2D eigenvalue weighted by Crippen LogP contribution is -2.52. The van der Waals surface area contributed by atoms with Gasteiger partial charge in [0.2, 0.25) is 10.0 Å². The Balaban J connectivity index is 0.000000479. The van der Waals surface area contributed by atoms with Gasteiger partial charge in [-0.15, -0.1) is 11.3 Å². The number of rotatable bonds is 4. The summed E-state index contributed by atoms with van der Waals surface area (Å²) in [5.41, 5.74) is -0.142. The summed E-state index contributed by atoms with van der Waals surface area (Å²) in [6.07, 6.45) is -3.19. The van der Waals surface area contributed by atoms with Gasteiger partial charge in [-0.05, 0) is 63.0 Å². The van der Waals surface area contributed by atoms with Gasteiger partial charge in [0, 0.05) is 34.8 Å². The van der Waals surface area contributed by atoms with E-state index in [4.69, 9.17) is 14.6 Å². The Labute approximate surface area is 219 Å². The van der Waals surface area contributed by atoms with Crippen LogP contribution in [0.1, 0.15) is 36.4 Å². The van der Waals surface area contributed by atoms with Gasteiger partial charge in [0.1, 0.15) is 10.6 Å². The Morgan fingerprint density at radius 2 is 1.78 bits per heavy atom. The molecule has 1 saturated heterocycles. The minimum Gasteiger partial charge on any atom is -0.492 e. The number of para-hydroxylation sites is 1. The topological polar surface area (TPSA) is 87.2 Å². The molecule has 0 radical (unpaired) electrons. The molecule has 1 aromatic heterocycles. The highest BCUT2D eigenvalue weighted by molar-refractivity contribution is 7.89. The maximum Gasteiger partial charge on any atom is 0.490 e. The van der Waals surface area contributed by atoms with Crippen molar-refractivity contribution >= 4 is 27.3 Å². The second-order valence-corrected chi connectivity index (χ2v) is 13.3. The van der Waals surface area contributed by atoms with Crippen LogP contribution in [0.3, 0.4) is 0 Å². The van der Waals surface area contributed by atoms with E-state index in [1.54, 1.807) is 22.5 Å². The number of thiophene rings is 1. The van der Waals surface area contributed by atoms with Gasteiger partial charge in [-0.2, -0.15) is 17.5 Å². The second-order valence-electron chi connectivity index (χ2n) is 10.0.